The molecule has 5 heteroatoms. The Hall–Kier alpha value is -0.840. The SMILES string of the molecule is CC1CCCC(OCC(O)CNc2cc(F)ccc2Cl)C1. The van der Waals surface area contributed by atoms with Gasteiger partial charge in [-0.15, -0.1) is 0 Å². The van der Waals surface area contributed by atoms with Crippen molar-refractivity contribution in [2.45, 2.75) is 44.8 Å². The molecule has 0 spiro atoms. The Balaban J connectivity index is 1.72. The average molecular weight is 316 g/mol. The molecule has 3 atom stereocenters. The summed E-state index contributed by atoms with van der Waals surface area (Å²) in [7, 11) is 0. The van der Waals surface area contributed by atoms with Crippen LogP contribution in [-0.2, 0) is 4.74 Å². The predicted molar refractivity (Wildman–Crippen MR) is 83.3 cm³/mol. The Morgan fingerprint density at radius 2 is 2.29 bits per heavy atom. The first-order valence-corrected chi connectivity index (χ1v) is 7.91. The summed E-state index contributed by atoms with van der Waals surface area (Å²) in [6.45, 7) is 2.81. The fourth-order valence-corrected chi connectivity index (χ4v) is 2.88. The summed E-state index contributed by atoms with van der Waals surface area (Å²) in [5.41, 5.74) is 0.488. The molecular weight excluding hydrogens is 293 g/mol. The van der Waals surface area contributed by atoms with Crippen LogP contribution in [0.4, 0.5) is 10.1 Å². The molecule has 1 aromatic carbocycles. The van der Waals surface area contributed by atoms with Gasteiger partial charge in [0.05, 0.1) is 29.5 Å². The first-order chi connectivity index (χ1) is 10.0. The molecule has 1 aliphatic carbocycles. The van der Waals surface area contributed by atoms with Crippen molar-refractivity contribution >= 4 is 17.3 Å². The molecule has 21 heavy (non-hydrogen) atoms. The Kier molecular flexibility index (Phi) is 6.27. The highest BCUT2D eigenvalue weighted by molar-refractivity contribution is 6.33. The quantitative estimate of drug-likeness (QED) is 0.838. The van der Waals surface area contributed by atoms with Crippen LogP contribution in [0.5, 0.6) is 0 Å². The van der Waals surface area contributed by atoms with Crippen LogP contribution >= 0.6 is 11.6 Å². The summed E-state index contributed by atoms with van der Waals surface area (Å²) in [6.07, 6.45) is 4.21. The van der Waals surface area contributed by atoms with E-state index in [1.807, 2.05) is 0 Å². The molecule has 0 heterocycles. The van der Waals surface area contributed by atoms with Gasteiger partial charge in [0, 0.05) is 6.54 Å². The van der Waals surface area contributed by atoms with Crippen LogP contribution < -0.4 is 5.32 Å². The van der Waals surface area contributed by atoms with Gasteiger partial charge in [-0.3, -0.25) is 0 Å². The molecule has 0 bridgehead atoms. The lowest BCUT2D eigenvalue weighted by atomic mass is 9.89. The third kappa shape index (κ3) is 5.46. The molecule has 0 saturated heterocycles. The summed E-state index contributed by atoms with van der Waals surface area (Å²) in [5.74, 6) is 0.342. The summed E-state index contributed by atoms with van der Waals surface area (Å²) in [4.78, 5) is 0. The van der Waals surface area contributed by atoms with Crippen LogP contribution in [0.2, 0.25) is 5.02 Å². The molecule has 1 fully saturated rings. The first-order valence-electron chi connectivity index (χ1n) is 7.53. The van der Waals surface area contributed by atoms with Crippen molar-refractivity contribution in [2.24, 2.45) is 5.92 Å². The van der Waals surface area contributed by atoms with Crippen molar-refractivity contribution in [1.29, 1.82) is 0 Å². The first kappa shape index (κ1) is 16.5. The van der Waals surface area contributed by atoms with Crippen molar-refractivity contribution in [3.63, 3.8) is 0 Å². The zero-order valence-corrected chi connectivity index (χ0v) is 13.1. The van der Waals surface area contributed by atoms with Crippen LogP contribution in [0.3, 0.4) is 0 Å². The fourth-order valence-electron chi connectivity index (χ4n) is 2.70. The van der Waals surface area contributed by atoms with E-state index in [-0.39, 0.29) is 25.1 Å². The van der Waals surface area contributed by atoms with Crippen molar-refractivity contribution in [3.8, 4) is 0 Å². The molecular formula is C16H23ClFNO2. The number of anilines is 1. The lowest BCUT2D eigenvalue weighted by Crippen LogP contribution is -2.30. The third-order valence-corrected chi connectivity index (χ3v) is 4.20. The van der Waals surface area contributed by atoms with E-state index in [0.717, 1.165) is 12.8 Å². The van der Waals surface area contributed by atoms with Crippen molar-refractivity contribution in [2.75, 3.05) is 18.5 Å². The Labute approximate surface area is 130 Å². The van der Waals surface area contributed by atoms with E-state index >= 15 is 0 Å². The fraction of sp³-hybridized carbons (Fsp3) is 0.625. The van der Waals surface area contributed by atoms with Gasteiger partial charge in [0.15, 0.2) is 0 Å². The zero-order valence-electron chi connectivity index (χ0n) is 12.3. The van der Waals surface area contributed by atoms with Gasteiger partial charge in [0.25, 0.3) is 0 Å². The number of hydrogen-bond acceptors (Lipinski definition) is 3. The molecule has 0 aromatic heterocycles. The summed E-state index contributed by atoms with van der Waals surface area (Å²) in [6, 6.07) is 4.11. The Morgan fingerprint density at radius 3 is 3.05 bits per heavy atom. The van der Waals surface area contributed by atoms with E-state index in [1.54, 1.807) is 0 Å². The van der Waals surface area contributed by atoms with Gasteiger partial charge in [-0.2, -0.15) is 0 Å². The van der Waals surface area contributed by atoms with Gasteiger partial charge in [0.1, 0.15) is 5.82 Å². The van der Waals surface area contributed by atoms with Gasteiger partial charge >= 0.3 is 0 Å². The second-order valence-corrected chi connectivity index (χ2v) is 6.29. The van der Waals surface area contributed by atoms with E-state index in [4.69, 9.17) is 16.3 Å². The smallest absolute Gasteiger partial charge is 0.125 e. The standard InChI is InChI=1S/C16H23ClFNO2/c1-11-3-2-4-14(7-11)21-10-13(20)9-19-16-8-12(18)5-6-15(16)17/h5-6,8,11,13-14,19-20H,2-4,7,9-10H2,1H3. The molecule has 1 aliphatic rings. The number of benzene rings is 1. The molecule has 118 valence electrons. The number of halogens is 2. The lowest BCUT2D eigenvalue weighted by molar-refractivity contribution is -0.0274. The third-order valence-electron chi connectivity index (χ3n) is 3.87. The maximum atomic E-state index is 13.1. The van der Waals surface area contributed by atoms with Crippen molar-refractivity contribution in [1.82, 2.24) is 0 Å². The molecule has 2 N–H and O–H groups in total. The zero-order chi connectivity index (χ0) is 15.2. The van der Waals surface area contributed by atoms with Crippen molar-refractivity contribution in [3.05, 3.63) is 29.0 Å². The second kappa shape index (κ2) is 7.97. The van der Waals surface area contributed by atoms with E-state index in [9.17, 15) is 9.50 Å². The maximum absolute atomic E-state index is 13.1. The molecule has 1 aromatic rings. The van der Waals surface area contributed by atoms with Crippen LogP contribution in [-0.4, -0.2) is 30.5 Å². The van der Waals surface area contributed by atoms with E-state index < -0.39 is 6.10 Å². The van der Waals surface area contributed by atoms with Gasteiger partial charge < -0.3 is 15.2 Å². The maximum Gasteiger partial charge on any atom is 0.125 e. The molecule has 0 amide bonds. The largest absolute Gasteiger partial charge is 0.389 e. The molecule has 0 aliphatic heterocycles. The van der Waals surface area contributed by atoms with Crippen LogP contribution in [0.25, 0.3) is 0 Å². The Bertz CT molecular complexity index is 458. The minimum atomic E-state index is -0.637. The number of hydrogen-bond donors (Lipinski definition) is 2. The molecule has 3 nitrogen and oxygen atoms in total. The average Bonchev–Trinajstić information content (AvgIpc) is 2.46. The number of aliphatic hydroxyl groups is 1. The Morgan fingerprint density at radius 1 is 1.48 bits per heavy atom. The number of ether oxygens (including phenoxy) is 1. The number of aliphatic hydroxyl groups excluding tert-OH is 1. The molecule has 3 unspecified atom stereocenters. The normalized spacial score (nSPS) is 23.8. The highest BCUT2D eigenvalue weighted by atomic mass is 35.5. The summed E-state index contributed by atoms with van der Waals surface area (Å²) < 4.78 is 18.9. The van der Waals surface area contributed by atoms with E-state index in [0.29, 0.717) is 16.6 Å². The van der Waals surface area contributed by atoms with Crippen LogP contribution in [0, 0.1) is 11.7 Å². The predicted octanol–water partition coefficient (Wildman–Crippen LogP) is 3.85. The minimum absolute atomic E-state index is 0.251. The lowest BCUT2D eigenvalue weighted by Gasteiger charge is -2.27. The summed E-state index contributed by atoms with van der Waals surface area (Å²) >= 11 is 5.95. The summed E-state index contributed by atoms with van der Waals surface area (Å²) in [5, 5.41) is 13.3. The van der Waals surface area contributed by atoms with Crippen LogP contribution in [0.1, 0.15) is 32.6 Å². The minimum Gasteiger partial charge on any atom is -0.389 e. The highest BCUT2D eigenvalue weighted by Gasteiger charge is 2.20. The molecule has 2 rings (SSSR count). The van der Waals surface area contributed by atoms with Gasteiger partial charge in [0.2, 0.25) is 0 Å². The van der Waals surface area contributed by atoms with E-state index in [1.165, 1.54) is 31.0 Å². The van der Waals surface area contributed by atoms with Crippen molar-refractivity contribution < 1.29 is 14.2 Å². The number of rotatable bonds is 6. The highest BCUT2D eigenvalue weighted by Crippen LogP contribution is 2.26. The number of nitrogens with one attached hydrogen (secondary N) is 1. The molecule has 0 radical (unpaired) electrons. The van der Waals surface area contributed by atoms with Gasteiger partial charge in [-0.1, -0.05) is 31.4 Å². The topological polar surface area (TPSA) is 41.5 Å². The second-order valence-electron chi connectivity index (χ2n) is 5.89. The van der Waals surface area contributed by atoms with E-state index in [2.05, 4.69) is 12.2 Å². The molecule has 1 saturated carbocycles. The van der Waals surface area contributed by atoms with Gasteiger partial charge in [-0.05, 0) is 37.0 Å². The monoisotopic (exact) mass is 315 g/mol. The van der Waals surface area contributed by atoms with Crippen LogP contribution in [0.15, 0.2) is 18.2 Å². The van der Waals surface area contributed by atoms with Gasteiger partial charge in [-0.25, -0.2) is 4.39 Å².